The zero-order chi connectivity index (χ0) is 24.3. The Hall–Kier alpha value is -2.12. The number of aryl methyl sites for hydroxylation is 1. The molecule has 0 amide bonds. The summed E-state index contributed by atoms with van der Waals surface area (Å²) in [4.78, 5) is 12.5. The molecule has 1 aliphatic carbocycles. The van der Waals surface area contributed by atoms with E-state index in [1.54, 1.807) is 12.1 Å². The minimum absolute atomic E-state index is 0.102. The Labute approximate surface area is 214 Å². The van der Waals surface area contributed by atoms with Crippen molar-refractivity contribution in [1.29, 1.82) is 0 Å². The smallest absolute Gasteiger partial charge is 0.185 e. The van der Waals surface area contributed by atoms with Crippen molar-refractivity contribution in [3.8, 4) is 0 Å². The summed E-state index contributed by atoms with van der Waals surface area (Å²) in [6.45, 7) is 0.515. The summed E-state index contributed by atoms with van der Waals surface area (Å²) in [6, 6.07) is 11.3. The highest BCUT2D eigenvalue weighted by atomic mass is 35.5. The fourth-order valence-electron chi connectivity index (χ4n) is 4.11. The molecule has 0 bridgehead atoms. The van der Waals surface area contributed by atoms with Crippen LogP contribution in [0.1, 0.15) is 42.5 Å². The number of nitrogens with zero attached hydrogens (tertiary/aromatic N) is 2. The number of ketones is 1. The molecule has 0 spiro atoms. The SMILES string of the molecule is O=C(CC/C=C1\CCCc2cnn(Cc3ccc(Cl)cc3Cl)c21)CS(=O)(=O)c1ccc(Cl)cc1. The molecule has 0 atom stereocenters. The van der Waals surface area contributed by atoms with E-state index in [2.05, 4.69) is 5.10 Å². The number of carbonyl (C=O) groups excluding carboxylic acids is 1. The number of sulfone groups is 1. The predicted molar refractivity (Wildman–Crippen MR) is 136 cm³/mol. The first-order chi connectivity index (χ1) is 16.2. The van der Waals surface area contributed by atoms with E-state index in [-0.39, 0.29) is 17.1 Å². The first-order valence-corrected chi connectivity index (χ1v) is 13.7. The van der Waals surface area contributed by atoms with Gasteiger partial charge in [0.05, 0.1) is 23.3 Å². The van der Waals surface area contributed by atoms with Gasteiger partial charge < -0.3 is 0 Å². The summed E-state index contributed by atoms with van der Waals surface area (Å²) in [6.07, 6.45) is 7.37. The van der Waals surface area contributed by atoms with Crippen molar-refractivity contribution in [3.63, 3.8) is 0 Å². The van der Waals surface area contributed by atoms with Crippen molar-refractivity contribution >= 4 is 56.0 Å². The number of benzene rings is 2. The highest BCUT2D eigenvalue weighted by Crippen LogP contribution is 2.32. The van der Waals surface area contributed by atoms with Gasteiger partial charge in [-0.3, -0.25) is 9.48 Å². The average molecular weight is 538 g/mol. The van der Waals surface area contributed by atoms with Gasteiger partial charge in [-0.05, 0) is 78.8 Å². The van der Waals surface area contributed by atoms with Crippen LogP contribution in [0.25, 0.3) is 5.57 Å². The van der Waals surface area contributed by atoms with Gasteiger partial charge in [0.1, 0.15) is 11.5 Å². The second-order valence-electron chi connectivity index (χ2n) is 8.29. The van der Waals surface area contributed by atoms with Gasteiger partial charge in [0, 0.05) is 21.5 Å². The monoisotopic (exact) mass is 536 g/mol. The van der Waals surface area contributed by atoms with E-state index in [1.165, 1.54) is 29.8 Å². The van der Waals surface area contributed by atoms with E-state index < -0.39 is 15.6 Å². The van der Waals surface area contributed by atoms with Gasteiger partial charge in [-0.15, -0.1) is 0 Å². The number of hydrogen-bond donors (Lipinski definition) is 0. The van der Waals surface area contributed by atoms with Crippen molar-refractivity contribution in [2.24, 2.45) is 0 Å². The Morgan fingerprint density at radius 1 is 1.03 bits per heavy atom. The van der Waals surface area contributed by atoms with Gasteiger partial charge in [0.15, 0.2) is 9.84 Å². The number of fused-ring (bicyclic) bond motifs is 1. The zero-order valence-corrected chi connectivity index (χ0v) is 21.4. The number of hydrogen-bond acceptors (Lipinski definition) is 4. The number of halogens is 3. The van der Waals surface area contributed by atoms with E-state index in [9.17, 15) is 13.2 Å². The van der Waals surface area contributed by atoms with Gasteiger partial charge in [-0.25, -0.2) is 8.42 Å². The number of carbonyl (C=O) groups is 1. The molecule has 0 saturated carbocycles. The van der Waals surface area contributed by atoms with Crippen LogP contribution < -0.4 is 0 Å². The highest BCUT2D eigenvalue weighted by Gasteiger charge is 2.21. The van der Waals surface area contributed by atoms with Crippen molar-refractivity contribution in [3.05, 3.63) is 86.6 Å². The quantitative estimate of drug-likeness (QED) is 0.332. The van der Waals surface area contributed by atoms with Crippen LogP contribution in [0.3, 0.4) is 0 Å². The van der Waals surface area contributed by atoms with Gasteiger partial charge in [0.25, 0.3) is 0 Å². The average Bonchev–Trinajstić information content (AvgIpc) is 3.19. The molecule has 5 nitrogen and oxygen atoms in total. The molecule has 0 radical (unpaired) electrons. The molecule has 2 aromatic carbocycles. The van der Waals surface area contributed by atoms with Crippen LogP contribution in [-0.2, 0) is 27.6 Å². The third kappa shape index (κ3) is 5.92. The van der Waals surface area contributed by atoms with E-state index in [0.717, 1.165) is 36.1 Å². The molecule has 0 unspecified atom stereocenters. The summed E-state index contributed by atoms with van der Waals surface area (Å²) in [7, 11) is -3.68. The van der Waals surface area contributed by atoms with Crippen molar-refractivity contribution < 1.29 is 13.2 Å². The zero-order valence-electron chi connectivity index (χ0n) is 18.3. The van der Waals surface area contributed by atoms with Crippen molar-refractivity contribution in [2.45, 2.75) is 43.5 Å². The first-order valence-electron chi connectivity index (χ1n) is 10.9. The summed E-state index contributed by atoms with van der Waals surface area (Å²) < 4.78 is 26.9. The Balaban J connectivity index is 1.44. The maximum atomic E-state index is 12.5. The summed E-state index contributed by atoms with van der Waals surface area (Å²) in [5.41, 5.74) is 4.26. The Morgan fingerprint density at radius 2 is 1.76 bits per heavy atom. The minimum atomic E-state index is -3.68. The molecule has 0 fully saturated rings. The lowest BCUT2D eigenvalue weighted by atomic mass is 9.92. The second-order valence-corrected chi connectivity index (χ2v) is 11.6. The summed E-state index contributed by atoms with van der Waals surface area (Å²) in [5.74, 6) is -0.833. The maximum absolute atomic E-state index is 12.5. The molecule has 178 valence electrons. The number of rotatable bonds is 8. The molecule has 4 rings (SSSR count). The molecular weight excluding hydrogens is 515 g/mol. The van der Waals surface area contributed by atoms with Gasteiger partial charge in [-0.2, -0.15) is 5.10 Å². The van der Waals surface area contributed by atoms with Crippen molar-refractivity contribution in [2.75, 3.05) is 5.75 Å². The minimum Gasteiger partial charge on any atom is -0.299 e. The molecule has 34 heavy (non-hydrogen) atoms. The predicted octanol–water partition coefficient (Wildman–Crippen LogP) is 6.43. The van der Waals surface area contributed by atoms with E-state index >= 15 is 0 Å². The third-order valence-electron chi connectivity index (χ3n) is 5.78. The Morgan fingerprint density at radius 3 is 2.50 bits per heavy atom. The maximum Gasteiger partial charge on any atom is 0.185 e. The molecule has 9 heteroatoms. The Kier molecular flexibility index (Phi) is 7.83. The van der Waals surface area contributed by atoms with Crippen LogP contribution in [0.15, 0.2) is 59.6 Å². The molecule has 0 saturated heterocycles. The van der Waals surface area contributed by atoms with E-state index in [0.29, 0.717) is 28.0 Å². The normalized spacial score (nSPS) is 14.9. The number of aromatic nitrogens is 2. The molecule has 0 aliphatic heterocycles. The molecule has 1 heterocycles. The lowest BCUT2D eigenvalue weighted by molar-refractivity contribution is -0.116. The first kappa shape index (κ1) is 25.0. The second kappa shape index (κ2) is 10.6. The van der Waals surface area contributed by atoms with Gasteiger partial charge in [-0.1, -0.05) is 46.9 Å². The lowest BCUT2D eigenvalue weighted by Crippen LogP contribution is -2.16. The lowest BCUT2D eigenvalue weighted by Gasteiger charge is -2.18. The van der Waals surface area contributed by atoms with E-state index in [4.69, 9.17) is 34.8 Å². The fraction of sp³-hybridized carbons (Fsp3) is 0.280. The fourth-order valence-corrected chi connectivity index (χ4v) is 5.99. The van der Waals surface area contributed by atoms with E-state index in [1.807, 2.05) is 23.0 Å². The van der Waals surface area contributed by atoms with Crippen LogP contribution in [0.2, 0.25) is 15.1 Å². The van der Waals surface area contributed by atoms with Crippen molar-refractivity contribution in [1.82, 2.24) is 9.78 Å². The van der Waals surface area contributed by atoms with Crippen LogP contribution >= 0.6 is 34.8 Å². The summed E-state index contributed by atoms with van der Waals surface area (Å²) >= 11 is 18.2. The third-order valence-corrected chi connectivity index (χ3v) is 8.32. The van der Waals surface area contributed by atoms with Gasteiger partial charge in [0.2, 0.25) is 0 Å². The molecular formula is C25H23Cl3N2O3S. The molecule has 1 aromatic heterocycles. The number of Topliss-reactive ketones (excluding diaryl/α,β-unsaturated/α-hetero) is 1. The van der Waals surface area contributed by atoms with Crippen LogP contribution in [0.4, 0.5) is 0 Å². The molecule has 3 aromatic rings. The standard InChI is InChI=1S/C25H23Cl3N2O3S/c26-20-9-11-23(12-10-20)34(32,33)16-22(31)6-2-4-17-3-1-5-18-14-29-30(25(17)18)15-19-7-8-21(27)13-24(19)28/h4,7-14H,1-3,5-6,15-16H2/b17-4+. The highest BCUT2D eigenvalue weighted by molar-refractivity contribution is 7.92. The summed E-state index contributed by atoms with van der Waals surface area (Å²) in [5, 5.41) is 6.18. The molecule has 1 aliphatic rings. The largest absolute Gasteiger partial charge is 0.299 e. The van der Waals surface area contributed by atoms with Crippen LogP contribution in [0.5, 0.6) is 0 Å². The van der Waals surface area contributed by atoms with Gasteiger partial charge >= 0.3 is 0 Å². The van der Waals surface area contributed by atoms with Crippen LogP contribution in [-0.4, -0.2) is 29.7 Å². The Bertz CT molecular complexity index is 1350. The molecule has 0 N–H and O–H groups in total. The number of allylic oxidation sites excluding steroid dienone is 2. The topological polar surface area (TPSA) is 69.0 Å². The van der Waals surface area contributed by atoms with Crippen LogP contribution in [0, 0.1) is 0 Å².